The summed E-state index contributed by atoms with van der Waals surface area (Å²) >= 11 is 0. The molecule has 0 spiro atoms. The molecule has 0 amide bonds. The quantitative estimate of drug-likeness (QED) is 0.687. The SMILES string of the molecule is OCC1(CN2CCC2)CCCC1. The molecule has 1 N–H and O–H groups in total. The maximum Gasteiger partial charge on any atom is 0.0499 e. The van der Waals surface area contributed by atoms with Crippen LogP contribution >= 0.6 is 0 Å². The minimum absolute atomic E-state index is 0.292. The van der Waals surface area contributed by atoms with Crippen LogP contribution in [-0.4, -0.2) is 36.2 Å². The lowest BCUT2D eigenvalue weighted by atomic mass is 9.86. The van der Waals surface area contributed by atoms with Gasteiger partial charge in [0.1, 0.15) is 0 Å². The Bertz CT molecular complexity index is 148. The first-order valence-corrected chi connectivity index (χ1v) is 5.18. The van der Waals surface area contributed by atoms with E-state index in [1.54, 1.807) is 0 Å². The Labute approximate surface area is 74.6 Å². The summed E-state index contributed by atoms with van der Waals surface area (Å²) in [5.41, 5.74) is 0.292. The molecule has 2 heteroatoms. The van der Waals surface area contributed by atoms with E-state index in [9.17, 15) is 5.11 Å². The Balaban J connectivity index is 1.87. The highest BCUT2D eigenvalue weighted by Crippen LogP contribution is 2.38. The van der Waals surface area contributed by atoms with Crippen LogP contribution in [0.25, 0.3) is 0 Å². The molecule has 0 aromatic heterocycles. The van der Waals surface area contributed by atoms with Crippen molar-refractivity contribution in [1.29, 1.82) is 0 Å². The molecule has 2 fully saturated rings. The maximum atomic E-state index is 9.36. The fourth-order valence-corrected chi connectivity index (χ4v) is 2.51. The van der Waals surface area contributed by atoms with Crippen molar-refractivity contribution in [3.63, 3.8) is 0 Å². The predicted octanol–water partition coefficient (Wildman–Crippen LogP) is 1.24. The molecule has 0 aromatic carbocycles. The molecule has 2 rings (SSSR count). The normalized spacial score (nSPS) is 28.8. The molecular formula is C10H19NO. The zero-order chi connectivity index (χ0) is 8.44. The minimum Gasteiger partial charge on any atom is -0.396 e. The Morgan fingerprint density at radius 1 is 1.08 bits per heavy atom. The van der Waals surface area contributed by atoms with Crippen molar-refractivity contribution in [3.05, 3.63) is 0 Å². The number of hydrogen-bond donors (Lipinski definition) is 1. The first-order chi connectivity index (χ1) is 5.85. The van der Waals surface area contributed by atoms with Crippen LogP contribution in [0.15, 0.2) is 0 Å². The van der Waals surface area contributed by atoms with Gasteiger partial charge in [0, 0.05) is 18.6 Å². The fourth-order valence-electron chi connectivity index (χ4n) is 2.51. The second-order valence-electron chi connectivity index (χ2n) is 4.49. The van der Waals surface area contributed by atoms with Crippen molar-refractivity contribution in [2.45, 2.75) is 32.1 Å². The summed E-state index contributed by atoms with van der Waals surface area (Å²) in [4.78, 5) is 2.49. The Morgan fingerprint density at radius 2 is 1.75 bits per heavy atom. The smallest absolute Gasteiger partial charge is 0.0499 e. The molecule has 1 saturated heterocycles. The number of nitrogens with zero attached hydrogens (tertiary/aromatic N) is 1. The summed E-state index contributed by atoms with van der Waals surface area (Å²) in [5.74, 6) is 0. The first kappa shape index (κ1) is 8.52. The van der Waals surface area contributed by atoms with Crippen LogP contribution in [0.2, 0.25) is 0 Å². The van der Waals surface area contributed by atoms with Gasteiger partial charge in [-0.15, -0.1) is 0 Å². The van der Waals surface area contributed by atoms with E-state index in [0.717, 1.165) is 6.54 Å². The minimum atomic E-state index is 0.292. The van der Waals surface area contributed by atoms with Gasteiger partial charge in [0.25, 0.3) is 0 Å². The van der Waals surface area contributed by atoms with Crippen LogP contribution < -0.4 is 0 Å². The van der Waals surface area contributed by atoms with Crippen LogP contribution in [0.5, 0.6) is 0 Å². The largest absolute Gasteiger partial charge is 0.396 e. The molecule has 1 aliphatic heterocycles. The van der Waals surface area contributed by atoms with Crippen LogP contribution in [0.4, 0.5) is 0 Å². The van der Waals surface area contributed by atoms with E-state index in [-0.39, 0.29) is 0 Å². The van der Waals surface area contributed by atoms with Crippen LogP contribution in [0, 0.1) is 5.41 Å². The molecule has 1 saturated carbocycles. The van der Waals surface area contributed by atoms with Gasteiger partial charge in [-0.25, -0.2) is 0 Å². The monoisotopic (exact) mass is 169 g/mol. The maximum absolute atomic E-state index is 9.36. The van der Waals surface area contributed by atoms with Gasteiger partial charge in [-0.1, -0.05) is 12.8 Å². The van der Waals surface area contributed by atoms with E-state index in [0.29, 0.717) is 12.0 Å². The zero-order valence-corrected chi connectivity index (χ0v) is 7.76. The third kappa shape index (κ3) is 1.50. The average Bonchev–Trinajstić information content (AvgIpc) is 2.46. The molecule has 0 unspecified atom stereocenters. The number of aliphatic hydroxyl groups excluding tert-OH is 1. The van der Waals surface area contributed by atoms with E-state index in [1.807, 2.05) is 0 Å². The van der Waals surface area contributed by atoms with Gasteiger partial charge in [0.15, 0.2) is 0 Å². The lowest BCUT2D eigenvalue weighted by molar-refractivity contribution is 0.0509. The topological polar surface area (TPSA) is 23.5 Å². The second kappa shape index (κ2) is 3.35. The summed E-state index contributed by atoms with van der Waals surface area (Å²) in [7, 11) is 0. The lowest BCUT2D eigenvalue weighted by Gasteiger charge is -2.39. The number of hydrogen-bond acceptors (Lipinski definition) is 2. The van der Waals surface area contributed by atoms with Crippen molar-refractivity contribution in [1.82, 2.24) is 4.90 Å². The van der Waals surface area contributed by atoms with Crippen molar-refractivity contribution in [2.24, 2.45) is 5.41 Å². The Morgan fingerprint density at radius 3 is 2.17 bits per heavy atom. The molecule has 0 bridgehead atoms. The predicted molar refractivity (Wildman–Crippen MR) is 49.0 cm³/mol. The summed E-state index contributed by atoms with van der Waals surface area (Å²) in [5, 5.41) is 9.36. The molecule has 0 atom stereocenters. The average molecular weight is 169 g/mol. The van der Waals surface area contributed by atoms with E-state index in [2.05, 4.69) is 4.90 Å². The molecule has 2 aliphatic rings. The molecule has 1 heterocycles. The van der Waals surface area contributed by atoms with Crippen molar-refractivity contribution in [2.75, 3.05) is 26.2 Å². The van der Waals surface area contributed by atoms with E-state index in [4.69, 9.17) is 0 Å². The Kier molecular flexibility index (Phi) is 2.37. The summed E-state index contributed by atoms with van der Waals surface area (Å²) in [6.45, 7) is 4.09. The molecule has 0 aromatic rings. The highest BCUT2D eigenvalue weighted by Gasteiger charge is 2.35. The van der Waals surface area contributed by atoms with Gasteiger partial charge in [0.05, 0.1) is 0 Å². The third-order valence-corrected chi connectivity index (χ3v) is 3.51. The second-order valence-corrected chi connectivity index (χ2v) is 4.49. The number of aliphatic hydroxyl groups is 1. The van der Waals surface area contributed by atoms with Crippen molar-refractivity contribution in [3.8, 4) is 0 Å². The molecule has 70 valence electrons. The summed E-state index contributed by atoms with van der Waals surface area (Å²) in [6, 6.07) is 0. The highest BCUT2D eigenvalue weighted by molar-refractivity contribution is 4.88. The van der Waals surface area contributed by atoms with E-state index >= 15 is 0 Å². The van der Waals surface area contributed by atoms with E-state index in [1.165, 1.54) is 45.2 Å². The summed E-state index contributed by atoms with van der Waals surface area (Å²) in [6.07, 6.45) is 6.52. The Hall–Kier alpha value is -0.0800. The van der Waals surface area contributed by atoms with Crippen LogP contribution in [-0.2, 0) is 0 Å². The van der Waals surface area contributed by atoms with Crippen LogP contribution in [0.3, 0.4) is 0 Å². The van der Waals surface area contributed by atoms with Gasteiger partial charge in [-0.2, -0.15) is 0 Å². The standard InChI is InChI=1S/C10H19NO/c12-9-10(4-1-2-5-10)8-11-6-3-7-11/h12H,1-9H2. The number of rotatable bonds is 3. The third-order valence-electron chi connectivity index (χ3n) is 3.51. The van der Waals surface area contributed by atoms with Crippen LogP contribution in [0.1, 0.15) is 32.1 Å². The van der Waals surface area contributed by atoms with Gasteiger partial charge < -0.3 is 10.0 Å². The molecule has 0 radical (unpaired) electrons. The van der Waals surface area contributed by atoms with Crippen molar-refractivity contribution >= 4 is 0 Å². The molecule has 1 aliphatic carbocycles. The van der Waals surface area contributed by atoms with Crippen molar-refractivity contribution < 1.29 is 5.11 Å². The fraction of sp³-hybridized carbons (Fsp3) is 1.00. The summed E-state index contributed by atoms with van der Waals surface area (Å²) < 4.78 is 0. The van der Waals surface area contributed by atoms with Gasteiger partial charge in [-0.3, -0.25) is 0 Å². The molecule has 12 heavy (non-hydrogen) atoms. The van der Waals surface area contributed by atoms with Gasteiger partial charge >= 0.3 is 0 Å². The van der Waals surface area contributed by atoms with Gasteiger partial charge in [-0.05, 0) is 32.4 Å². The highest BCUT2D eigenvalue weighted by atomic mass is 16.3. The van der Waals surface area contributed by atoms with Gasteiger partial charge in [0.2, 0.25) is 0 Å². The molecular weight excluding hydrogens is 150 g/mol. The zero-order valence-electron chi connectivity index (χ0n) is 7.76. The lowest BCUT2D eigenvalue weighted by Crippen LogP contribution is -2.45. The number of likely N-dealkylation sites (tertiary alicyclic amines) is 1. The van der Waals surface area contributed by atoms with E-state index < -0.39 is 0 Å². The first-order valence-electron chi connectivity index (χ1n) is 5.18. The molecule has 2 nitrogen and oxygen atoms in total.